The van der Waals surface area contributed by atoms with Crippen LogP contribution < -0.4 is 0 Å². The van der Waals surface area contributed by atoms with Gasteiger partial charge in [0.25, 0.3) is 0 Å². The summed E-state index contributed by atoms with van der Waals surface area (Å²) in [4.78, 5) is 18.3. The summed E-state index contributed by atoms with van der Waals surface area (Å²) in [5, 5.41) is 0. The van der Waals surface area contributed by atoms with Crippen molar-refractivity contribution >= 4 is 11.7 Å². The molecule has 1 saturated heterocycles. The first-order valence-corrected chi connectivity index (χ1v) is 9.23. The summed E-state index contributed by atoms with van der Waals surface area (Å²) in [7, 11) is 0. The molecule has 152 valence electrons. The van der Waals surface area contributed by atoms with E-state index in [1.807, 2.05) is 36.4 Å². The molecule has 0 radical (unpaired) electrons. The van der Waals surface area contributed by atoms with Crippen LogP contribution in [-0.2, 0) is 22.3 Å². The second-order valence-electron chi connectivity index (χ2n) is 7.03. The summed E-state index contributed by atoms with van der Waals surface area (Å²) in [6.45, 7) is 0.823. The third-order valence-corrected chi connectivity index (χ3v) is 5.03. The van der Waals surface area contributed by atoms with Gasteiger partial charge in [0, 0.05) is 6.20 Å². The minimum absolute atomic E-state index is 0.174. The van der Waals surface area contributed by atoms with Crippen LogP contribution in [0.1, 0.15) is 23.2 Å². The summed E-state index contributed by atoms with van der Waals surface area (Å²) < 4.78 is 49.3. The number of benzene rings is 1. The number of hydrogen-bond donors (Lipinski definition) is 0. The number of hydrogen-bond acceptors (Lipinski definition) is 4. The van der Waals surface area contributed by atoms with Crippen molar-refractivity contribution in [3.63, 3.8) is 0 Å². The van der Waals surface area contributed by atoms with E-state index in [-0.39, 0.29) is 18.7 Å². The van der Waals surface area contributed by atoms with Crippen LogP contribution >= 0.6 is 0 Å². The molecule has 1 aromatic heterocycles. The zero-order valence-corrected chi connectivity index (χ0v) is 15.4. The number of ether oxygens (including phenoxy) is 2. The van der Waals surface area contributed by atoms with Gasteiger partial charge in [0.2, 0.25) is 0 Å². The van der Waals surface area contributed by atoms with Gasteiger partial charge in [-0.05, 0) is 29.7 Å². The third kappa shape index (κ3) is 4.27. The molecule has 0 aliphatic carbocycles. The van der Waals surface area contributed by atoms with Crippen LogP contribution in [0.5, 0.6) is 0 Å². The van der Waals surface area contributed by atoms with Crippen LogP contribution in [0.4, 0.5) is 18.0 Å². The highest BCUT2D eigenvalue weighted by Crippen LogP contribution is 2.34. The van der Waals surface area contributed by atoms with Crippen molar-refractivity contribution in [3.8, 4) is 0 Å². The average Bonchev–Trinajstić information content (AvgIpc) is 2.71. The molecule has 29 heavy (non-hydrogen) atoms. The van der Waals surface area contributed by atoms with Crippen LogP contribution in [-0.4, -0.2) is 41.3 Å². The van der Waals surface area contributed by atoms with E-state index in [4.69, 9.17) is 9.47 Å². The minimum atomic E-state index is -4.42. The van der Waals surface area contributed by atoms with E-state index in [0.29, 0.717) is 25.3 Å². The quantitative estimate of drug-likeness (QED) is 0.766. The Balaban J connectivity index is 1.49. The van der Waals surface area contributed by atoms with Crippen LogP contribution in [0, 0.1) is 0 Å². The Labute approximate surface area is 165 Å². The van der Waals surface area contributed by atoms with Crippen molar-refractivity contribution in [1.29, 1.82) is 0 Å². The molecule has 1 aromatic carbocycles. The molecule has 0 spiro atoms. The lowest BCUT2D eigenvalue weighted by Gasteiger charge is -2.43. The van der Waals surface area contributed by atoms with Gasteiger partial charge in [-0.2, -0.15) is 13.2 Å². The predicted octanol–water partition coefficient (Wildman–Crippen LogP) is 4.29. The molecule has 0 N–H and O–H groups in total. The Morgan fingerprint density at radius 2 is 1.97 bits per heavy atom. The fraction of sp³-hybridized carbons (Fsp3) is 0.333. The lowest BCUT2D eigenvalue weighted by Crippen LogP contribution is -2.56. The Hall–Kier alpha value is -2.87. The monoisotopic (exact) mass is 404 g/mol. The maximum absolute atomic E-state index is 12.8. The highest BCUT2D eigenvalue weighted by molar-refractivity contribution is 5.73. The molecule has 0 saturated carbocycles. The largest absolute Gasteiger partial charge is 0.445 e. The number of pyridine rings is 1. The van der Waals surface area contributed by atoms with E-state index >= 15 is 0 Å². The minimum Gasteiger partial charge on any atom is -0.445 e. The zero-order chi connectivity index (χ0) is 20.4. The Morgan fingerprint density at radius 1 is 1.17 bits per heavy atom. The van der Waals surface area contributed by atoms with Gasteiger partial charge in [0.1, 0.15) is 6.61 Å². The first-order chi connectivity index (χ1) is 13.9. The number of amides is 1. The number of nitrogens with zero attached hydrogens (tertiary/aromatic N) is 2. The number of halogens is 3. The number of carbonyl (C=O) groups excluding carboxylic acids is 1. The molecule has 2 aliphatic heterocycles. The SMILES string of the molecule is O=C(OCc1ccccc1)N1C2C=C(c3ccc(C(F)(F)F)cn3)CC1COC2. The molecule has 1 amide bonds. The van der Waals surface area contributed by atoms with Gasteiger partial charge in [0.05, 0.1) is 36.6 Å². The van der Waals surface area contributed by atoms with E-state index in [1.54, 1.807) is 4.90 Å². The lowest BCUT2D eigenvalue weighted by molar-refractivity contribution is -0.137. The van der Waals surface area contributed by atoms with Gasteiger partial charge in [-0.15, -0.1) is 0 Å². The molecule has 4 rings (SSSR count). The van der Waals surface area contributed by atoms with Crippen LogP contribution in [0.15, 0.2) is 54.7 Å². The van der Waals surface area contributed by atoms with E-state index in [0.717, 1.165) is 23.4 Å². The molecule has 5 nitrogen and oxygen atoms in total. The Morgan fingerprint density at radius 3 is 2.62 bits per heavy atom. The van der Waals surface area contributed by atoms with Crippen molar-refractivity contribution in [2.75, 3.05) is 13.2 Å². The van der Waals surface area contributed by atoms with E-state index in [2.05, 4.69) is 4.98 Å². The van der Waals surface area contributed by atoms with Crippen molar-refractivity contribution < 1.29 is 27.4 Å². The molecule has 2 aromatic rings. The summed E-state index contributed by atoms with van der Waals surface area (Å²) in [6, 6.07) is 11.2. The summed E-state index contributed by atoms with van der Waals surface area (Å²) in [5.74, 6) is 0. The number of carbonyl (C=O) groups is 1. The van der Waals surface area contributed by atoms with E-state index in [9.17, 15) is 18.0 Å². The number of aromatic nitrogens is 1. The van der Waals surface area contributed by atoms with Crippen LogP contribution in [0.3, 0.4) is 0 Å². The second kappa shape index (κ2) is 7.87. The van der Waals surface area contributed by atoms with Gasteiger partial charge >= 0.3 is 12.3 Å². The predicted molar refractivity (Wildman–Crippen MR) is 98.7 cm³/mol. The molecule has 2 aliphatic rings. The molecule has 1 fully saturated rings. The van der Waals surface area contributed by atoms with Crippen molar-refractivity contribution in [1.82, 2.24) is 9.88 Å². The van der Waals surface area contributed by atoms with E-state index < -0.39 is 17.8 Å². The first-order valence-electron chi connectivity index (χ1n) is 9.23. The third-order valence-electron chi connectivity index (χ3n) is 5.03. The number of rotatable bonds is 3. The van der Waals surface area contributed by atoms with Crippen LogP contribution in [0.2, 0.25) is 0 Å². The number of fused-ring (bicyclic) bond motifs is 2. The molecule has 2 bridgehead atoms. The zero-order valence-electron chi connectivity index (χ0n) is 15.4. The summed E-state index contributed by atoms with van der Waals surface area (Å²) in [5.41, 5.74) is 1.40. The first kappa shape index (κ1) is 19.4. The fourth-order valence-corrected chi connectivity index (χ4v) is 3.62. The van der Waals surface area contributed by atoms with Gasteiger partial charge in [-0.25, -0.2) is 4.79 Å². The normalized spacial score (nSPS) is 21.5. The summed E-state index contributed by atoms with van der Waals surface area (Å²) >= 11 is 0. The van der Waals surface area contributed by atoms with Crippen LogP contribution in [0.25, 0.3) is 5.57 Å². The highest BCUT2D eigenvalue weighted by Gasteiger charge is 2.39. The highest BCUT2D eigenvalue weighted by atomic mass is 19.4. The van der Waals surface area contributed by atoms with Crippen molar-refractivity contribution in [3.05, 3.63) is 71.6 Å². The number of morpholine rings is 1. The topological polar surface area (TPSA) is 51.7 Å². The molecular formula is C21H19F3N2O3. The summed E-state index contributed by atoms with van der Waals surface area (Å²) in [6.07, 6.45) is -1.74. The molecule has 3 heterocycles. The smallest absolute Gasteiger partial charge is 0.417 e. The van der Waals surface area contributed by atoms with Crippen molar-refractivity contribution in [2.24, 2.45) is 0 Å². The average molecular weight is 404 g/mol. The lowest BCUT2D eigenvalue weighted by atomic mass is 9.92. The fourth-order valence-electron chi connectivity index (χ4n) is 3.62. The van der Waals surface area contributed by atoms with Crippen molar-refractivity contribution in [2.45, 2.75) is 31.3 Å². The maximum atomic E-state index is 12.8. The maximum Gasteiger partial charge on any atom is 0.417 e. The Bertz CT molecular complexity index is 898. The Kier molecular flexibility index (Phi) is 5.27. The molecular weight excluding hydrogens is 385 g/mol. The van der Waals surface area contributed by atoms with Gasteiger partial charge < -0.3 is 9.47 Å². The van der Waals surface area contributed by atoms with Gasteiger partial charge in [0.15, 0.2) is 0 Å². The van der Waals surface area contributed by atoms with Gasteiger partial charge in [-0.1, -0.05) is 36.4 Å². The van der Waals surface area contributed by atoms with E-state index in [1.165, 1.54) is 6.07 Å². The second-order valence-corrected chi connectivity index (χ2v) is 7.03. The standard InChI is InChI=1S/C21H19F3N2O3/c22-21(23,24)16-6-7-19(25-10-16)15-8-17-12-28-13-18(9-15)26(17)20(27)29-11-14-4-2-1-3-5-14/h1-8,10,17-18H,9,11-13H2. The molecule has 8 heteroatoms. The molecule has 2 unspecified atom stereocenters. The van der Waals surface area contributed by atoms with Gasteiger partial charge in [-0.3, -0.25) is 9.88 Å². The number of alkyl halides is 3. The molecule has 2 atom stereocenters.